The first-order valence-electron chi connectivity index (χ1n) is 9.82. The fourth-order valence-corrected chi connectivity index (χ4v) is 4.75. The van der Waals surface area contributed by atoms with E-state index in [1.165, 1.54) is 9.87 Å². The number of rotatable bonds is 8. The topological polar surface area (TPSA) is 70.7 Å². The van der Waals surface area contributed by atoms with Crippen LogP contribution in [-0.2, 0) is 21.2 Å². The van der Waals surface area contributed by atoms with Crippen LogP contribution in [0.5, 0.6) is 0 Å². The van der Waals surface area contributed by atoms with Crippen molar-refractivity contribution in [1.82, 2.24) is 9.62 Å². The van der Waals surface area contributed by atoms with Gasteiger partial charge in [0.1, 0.15) is 0 Å². The Labute approximate surface area is 178 Å². The van der Waals surface area contributed by atoms with E-state index in [1.54, 1.807) is 24.3 Å². The van der Waals surface area contributed by atoms with E-state index in [0.29, 0.717) is 31.4 Å². The van der Waals surface area contributed by atoms with Crippen molar-refractivity contribution in [1.29, 1.82) is 0 Å². The van der Waals surface area contributed by atoms with Crippen molar-refractivity contribution in [2.24, 2.45) is 0 Å². The molecular formula is C21H27N3O3S2. The lowest BCUT2D eigenvalue weighted by Crippen LogP contribution is -2.40. The van der Waals surface area contributed by atoms with Gasteiger partial charge in [-0.05, 0) is 61.3 Å². The maximum absolute atomic E-state index is 12.6. The van der Waals surface area contributed by atoms with Crippen LogP contribution >= 0.6 is 12.2 Å². The molecule has 2 aromatic carbocycles. The second kappa shape index (κ2) is 10.7. The molecule has 0 aliphatic carbocycles. The predicted molar refractivity (Wildman–Crippen MR) is 120 cm³/mol. The fraction of sp³-hybridized carbons (Fsp3) is 0.381. The number of aryl methyl sites for hydroxylation is 1. The zero-order valence-corrected chi connectivity index (χ0v) is 18.0. The second-order valence-corrected chi connectivity index (χ2v) is 9.21. The van der Waals surface area contributed by atoms with Gasteiger partial charge in [-0.2, -0.15) is 4.31 Å². The van der Waals surface area contributed by atoms with Crippen molar-refractivity contribution in [2.75, 3.05) is 38.2 Å². The van der Waals surface area contributed by atoms with E-state index in [9.17, 15) is 8.42 Å². The quantitative estimate of drug-likeness (QED) is 0.493. The molecule has 29 heavy (non-hydrogen) atoms. The van der Waals surface area contributed by atoms with Crippen LogP contribution in [0.15, 0.2) is 59.5 Å². The molecule has 0 radical (unpaired) electrons. The zero-order valence-electron chi connectivity index (χ0n) is 16.3. The van der Waals surface area contributed by atoms with Crippen LogP contribution in [0.25, 0.3) is 0 Å². The van der Waals surface area contributed by atoms with Crippen molar-refractivity contribution < 1.29 is 13.2 Å². The highest BCUT2D eigenvalue weighted by Crippen LogP contribution is 2.19. The van der Waals surface area contributed by atoms with Crippen molar-refractivity contribution in [3.8, 4) is 0 Å². The summed E-state index contributed by atoms with van der Waals surface area (Å²) in [4.78, 5) is 0.282. The number of hydrogen-bond donors (Lipinski definition) is 2. The zero-order chi connectivity index (χ0) is 20.5. The van der Waals surface area contributed by atoms with Gasteiger partial charge in [-0.3, -0.25) is 0 Å². The average Bonchev–Trinajstić information content (AvgIpc) is 2.75. The largest absolute Gasteiger partial charge is 0.379 e. The maximum atomic E-state index is 12.6. The molecule has 0 atom stereocenters. The predicted octanol–water partition coefficient (Wildman–Crippen LogP) is 3.02. The Balaban J connectivity index is 1.41. The molecule has 1 saturated heterocycles. The Morgan fingerprint density at radius 2 is 1.69 bits per heavy atom. The van der Waals surface area contributed by atoms with Crippen LogP contribution in [0.1, 0.15) is 18.4 Å². The number of unbranched alkanes of at least 4 members (excludes halogenated alkanes) is 1. The number of morpholine rings is 1. The SMILES string of the molecule is O=S(=O)(c1ccc(NC(=S)NCCCCc2ccccc2)cc1)N1CCOCC1. The van der Waals surface area contributed by atoms with Gasteiger partial charge < -0.3 is 15.4 Å². The summed E-state index contributed by atoms with van der Waals surface area (Å²) in [6.07, 6.45) is 3.17. The van der Waals surface area contributed by atoms with Crippen molar-refractivity contribution >= 4 is 33.0 Å². The van der Waals surface area contributed by atoms with E-state index in [-0.39, 0.29) is 4.90 Å². The summed E-state index contributed by atoms with van der Waals surface area (Å²) >= 11 is 5.33. The van der Waals surface area contributed by atoms with E-state index in [1.807, 2.05) is 6.07 Å². The molecule has 2 N–H and O–H groups in total. The lowest BCUT2D eigenvalue weighted by atomic mass is 10.1. The summed E-state index contributed by atoms with van der Waals surface area (Å²) in [6.45, 7) is 2.44. The maximum Gasteiger partial charge on any atom is 0.243 e. The van der Waals surface area contributed by atoms with Crippen molar-refractivity contribution in [2.45, 2.75) is 24.2 Å². The minimum Gasteiger partial charge on any atom is -0.379 e. The Bertz CT molecular complexity index is 881. The number of sulfonamides is 1. The normalized spacial score (nSPS) is 15.0. The van der Waals surface area contributed by atoms with E-state index >= 15 is 0 Å². The molecule has 0 bridgehead atoms. The first kappa shape index (κ1) is 21.7. The summed E-state index contributed by atoms with van der Waals surface area (Å²) in [6, 6.07) is 17.1. The highest BCUT2D eigenvalue weighted by Gasteiger charge is 2.26. The molecule has 1 heterocycles. The molecule has 6 nitrogen and oxygen atoms in total. The van der Waals surface area contributed by atoms with Crippen molar-refractivity contribution in [3.05, 3.63) is 60.2 Å². The molecule has 0 spiro atoms. The molecule has 0 saturated carbocycles. The van der Waals surface area contributed by atoms with Gasteiger partial charge in [-0.15, -0.1) is 0 Å². The van der Waals surface area contributed by atoms with E-state index < -0.39 is 10.0 Å². The van der Waals surface area contributed by atoms with Gasteiger partial charge in [-0.25, -0.2) is 8.42 Å². The summed E-state index contributed by atoms with van der Waals surface area (Å²) < 4.78 is 32.0. The number of thiocarbonyl (C=S) groups is 1. The number of anilines is 1. The monoisotopic (exact) mass is 433 g/mol. The minimum absolute atomic E-state index is 0.282. The Morgan fingerprint density at radius 1 is 1.00 bits per heavy atom. The molecule has 0 unspecified atom stereocenters. The summed E-state index contributed by atoms with van der Waals surface area (Å²) in [5, 5.41) is 6.83. The van der Waals surface area contributed by atoms with Gasteiger partial charge >= 0.3 is 0 Å². The lowest BCUT2D eigenvalue weighted by Gasteiger charge is -2.26. The van der Waals surface area contributed by atoms with E-state index in [4.69, 9.17) is 17.0 Å². The fourth-order valence-electron chi connectivity index (χ4n) is 3.12. The molecule has 0 amide bonds. The molecular weight excluding hydrogens is 406 g/mol. The van der Waals surface area contributed by atoms with Gasteiger partial charge in [0.15, 0.2) is 5.11 Å². The highest BCUT2D eigenvalue weighted by atomic mass is 32.2. The van der Waals surface area contributed by atoms with Gasteiger partial charge in [0, 0.05) is 25.3 Å². The second-order valence-electron chi connectivity index (χ2n) is 6.86. The summed E-state index contributed by atoms with van der Waals surface area (Å²) in [7, 11) is -3.47. The third-order valence-corrected chi connectivity index (χ3v) is 6.90. The standard InChI is InChI=1S/C21H27N3O3S2/c25-29(26,24-14-16-27-17-15-24)20-11-9-19(10-12-20)23-21(28)22-13-5-4-8-18-6-2-1-3-7-18/h1-3,6-7,9-12H,4-5,8,13-17H2,(H2,22,23,28). The molecule has 8 heteroatoms. The van der Waals surface area contributed by atoms with Crippen LogP contribution in [0.3, 0.4) is 0 Å². The smallest absolute Gasteiger partial charge is 0.243 e. The molecule has 156 valence electrons. The molecule has 1 aliphatic heterocycles. The molecule has 1 fully saturated rings. The number of hydrogen-bond acceptors (Lipinski definition) is 4. The average molecular weight is 434 g/mol. The van der Waals surface area contributed by atoms with E-state index in [0.717, 1.165) is 31.5 Å². The molecule has 1 aliphatic rings. The van der Waals surface area contributed by atoms with Crippen LogP contribution < -0.4 is 10.6 Å². The van der Waals surface area contributed by atoms with Crippen LogP contribution in [0.2, 0.25) is 0 Å². The van der Waals surface area contributed by atoms with Gasteiger partial charge in [0.05, 0.1) is 18.1 Å². The van der Waals surface area contributed by atoms with Crippen LogP contribution in [-0.4, -0.2) is 50.7 Å². The number of ether oxygens (including phenoxy) is 1. The van der Waals surface area contributed by atoms with Crippen LogP contribution in [0, 0.1) is 0 Å². The third-order valence-electron chi connectivity index (χ3n) is 4.74. The first-order valence-corrected chi connectivity index (χ1v) is 11.7. The van der Waals surface area contributed by atoms with Gasteiger partial charge in [0.25, 0.3) is 0 Å². The highest BCUT2D eigenvalue weighted by molar-refractivity contribution is 7.89. The number of benzene rings is 2. The van der Waals surface area contributed by atoms with Crippen LogP contribution in [0.4, 0.5) is 5.69 Å². The Morgan fingerprint density at radius 3 is 2.38 bits per heavy atom. The Kier molecular flexibility index (Phi) is 8.00. The number of nitrogens with zero attached hydrogens (tertiary/aromatic N) is 1. The molecule has 3 rings (SSSR count). The summed E-state index contributed by atoms with van der Waals surface area (Å²) in [5.74, 6) is 0. The van der Waals surface area contributed by atoms with Gasteiger partial charge in [0.2, 0.25) is 10.0 Å². The van der Waals surface area contributed by atoms with Crippen molar-refractivity contribution in [3.63, 3.8) is 0 Å². The molecule has 2 aromatic rings. The lowest BCUT2D eigenvalue weighted by molar-refractivity contribution is 0.0730. The Hall–Kier alpha value is -2.00. The molecule has 0 aromatic heterocycles. The third kappa shape index (κ3) is 6.50. The first-order chi connectivity index (χ1) is 14.1. The number of nitrogens with one attached hydrogen (secondary N) is 2. The van der Waals surface area contributed by atoms with E-state index in [2.05, 4.69) is 34.9 Å². The van der Waals surface area contributed by atoms with Gasteiger partial charge in [-0.1, -0.05) is 30.3 Å². The minimum atomic E-state index is -3.47. The summed E-state index contributed by atoms with van der Waals surface area (Å²) in [5.41, 5.74) is 2.10.